The highest BCUT2D eigenvalue weighted by Gasteiger charge is 2.14. The number of aromatic carboxylic acids is 1. The molecule has 2 rings (SSSR count). The van der Waals surface area contributed by atoms with Crippen molar-refractivity contribution in [3.8, 4) is 11.5 Å². The molecule has 1 aliphatic heterocycles. The van der Waals surface area contributed by atoms with E-state index < -0.39 is 5.97 Å². The summed E-state index contributed by atoms with van der Waals surface area (Å²) in [5.74, 6) is -0.0909. The molecule has 1 aromatic rings. The quantitative estimate of drug-likeness (QED) is 0.851. The highest BCUT2D eigenvalue weighted by atomic mass is 16.5. The number of carboxylic acids is 1. The molecule has 1 aromatic carbocycles. The molecule has 104 valence electrons. The Kier molecular flexibility index (Phi) is 4.63. The summed E-state index contributed by atoms with van der Waals surface area (Å²) in [5.41, 5.74) is 0.140. The van der Waals surface area contributed by atoms with E-state index in [1.807, 2.05) is 0 Å². The van der Waals surface area contributed by atoms with E-state index in [-0.39, 0.29) is 5.56 Å². The lowest BCUT2D eigenvalue weighted by Crippen LogP contribution is -2.25. The predicted molar refractivity (Wildman–Crippen MR) is 71.1 cm³/mol. The number of carboxylic acid groups (broad SMARTS) is 1. The van der Waals surface area contributed by atoms with Gasteiger partial charge in [0.25, 0.3) is 0 Å². The van der Waals surface area contributed by atoms with Crippen molar-refractivity contribution >= 4 is 5.97 Å². The number of nitrogens with zero attached hydrogens (tertiary/aromatic N) is 1. The molecule has 0 aliphatic carbocycles. The Balaban J connectivity index is 1.96. The second-order valence-electron chi connectivity index (χ2n) is 4.56. The maximum absolute atomic E-state index is 11.2. The van der Waals surface area contributed by atoms with Gasteiger partial charge < -0.3 is 14.6 Å². The maximum atomic E-state index is 11.2. The monoisotopic (exact) mass is 265 g/mol. The van der Waals surface area contributed by atoms with Gasteiger partial charge in [-0.15, -0.1) is 0 Å². The molecule has 1 aliphatic rings. The molecule has 0 aromatic heterocycles. The number of hydrogen-bond acceptors (Lipinski definition) is 4. The number of carbonyl (C=O) groups is 1. The van der Waals surface area contributed by atoms with Crippen LogP contribution in [0.2, 0.25) is 0 Å². The van der Waals surface area contributed by atoms with Gasteiger partial charge in [0, 0.05) is 6.54 Å². The summed E-state index contributed by atoms with van der Waals surface area (Å²) in [6, 6.07) is 4.83. The molecule has 1 heterocycles. The topological polar surface area (TPSA) is 59.0 Å². The van der Waals surface area contributed by atoms with Crippen LogP contribution in [-0.4, -0.2) is 49.3 Å². The van der Waals surface area contributed by atoms with Crippen LogP contribution < -0.4 is 9.47 Å². The minimum Gasteiger partial charge on any atom is -0.497 e. The lowest BCUT2D eigenvalue weighted by atomic mass is 10.2. The lowest BCUT2D eigenvalue weighted by molar-refractivity contribution is 0.0691. The summed E-state index contributed by atoms with van der Waals surface area (Å²) in [6.07, 6.45) is 2.48. The van der Waals surface area contributed by atoms with Crippen molar-refractivity contribution in [2.45, 2.75) is 12.8 Å². The molecule has 1 saturated heterocycles. The molecule has 0 saturated carbocycles. The van der Waals surface area contributed by atoms with Crippen LogP contribution in [0.5, 0.6) is 11.5 Å². The molecular formula is C14H19NO4. The predicted octanol–water partition coefficient (Wildman–Crippen LogP) is 1.87. The minimum absolute atomic E-state index is 0.140. The SMILES string of the molecule is COc1ccc(OCCN2CCCC2)c(C(=O)O)c1. The third kappa shape index (κ3) is 3.61. The van der Waals surface area contributed by atoms with Gasteiger partial charge in [-0.2, -0.15) is 0 Å². The van der Waals surface area contributed by atoms with Crippen LogP contribution in [0, 0.1) is 0 Å². The van der Waals surface area contributed by atoms with Gasteiger partial charge >= 0.3 is 5.97 Å². The summed E-state index contributed by atoms with van der Waals surface area (Å²) in [5, 5.41) is 9.15. The number of hydrogen-bond donors (Lipinski definition) is 1. The van der Waals surface area contributed by atoms with Crippen molar-refractivity contribution in [2.24, 2.45) is 0 Å². The van der Waals surface area contributed by atoms with Crippen molar-refractivity contribution in [3.63, 3.8) is 0 Å². The first-order valence-corrected chi connectivity index (χ1v) is 6.47. The highest BCUT2D eigenvalue weighted by Crippen LogP contribution is 2.24. The number of rotatable bonds is 6. The van der Waals surface area contributed by atoms with Crippen molar-refractivity contribution in [1.29, 1.82) is 0 Å². The fourth-order valence-electron chi connectivity index (χ4n) is 2.22. The summed E-state index contributed by atoms with van der Waals surface area (Å²) in [6.45, 7) is 3.56. The molecule has 0 bridgehead atoms. The summed E-state index contributed by atoms with van der Waals surface area (Å²) >= 11 is 0. The van der Waals surface area contributed by atoms with Gasteiger partial charge in [0.15, 0.2) is 0 Å². The van der Waals surface area contributed by atoms with E-state index in [2.05, 4.69) is 4.90 Å². The van der Waals surface area contributed by atoms with Crippen LogP contribution in [0.1, 0.15) is 23.2 Å². The molecule has 0 atom stereocenters. The number of likely N-dealkylation sites (tertiary alicyclic amines) is 1. The minimum atomic E-state index is -1.00. The van der Waals surface area contributed by atoms with E-state index in [9.17, 15) is 4.79 Å². The molecule has 1 fully saturated rings. The summed E-state index contributed by atoms with van der Waals surface area (Å²) < 4.78 is 10.6. The van der Waals surface area contributed by atoms with Crippen LogP contribution in [0.25, 0.3) is 0 Å². The largest absolute Gasteiger partial charge is 0.497 e. The van der Waals surface area contributed by atoms with Crippen molar-refractivity contribution in [2.75, 3.05) is 33.4 Å². The van der Waals surface area contributed by atoms with Gasteiger partial charge in [-0.3, -0.25) is 4.90 Å². The summed E-state index contributed by atoms with van der Waals surface area (Å²) in [7, 11) is 1.51. The van der Waals surface area contributed by atoms with Crippen LogP contribution in [0.15, 0.2) is 18.2 Å². The van der Waals surface area contributed by atoms with Gasteiger partial charge in [-0.25, -0.2) is 4.79 Å². The van der Waals surface area contributed by atoms with Gasteiger partial charge in [0.05, 0.1) is 7.11 Å². The van der Waals surface area contributed by atoms with Crippen LogP contribution in [0.4, 0.5) is 0 Å². The Hall–Kier alpha value is -1.75. The van der Waals surface area contributed by atoms with E-state index in [1.165, 1.54) is 26.0 Å². The molecule has 0 unspecified atom stereocenters. The van der Waals surface area contributed by atoms with Crippen LogP contribution in [0.3, 0.4) is 0 Å². The van der Waals surface area contributed by atoms with Gasteiger partial charge in [-0.05, 0) is 44.1 Å². The van der Waals surface area contributed by atoms with Gasteiger partial charge in [0.1, 0.15) is 23.7 Å². The molecule has 0 amide bonds. The Labute approximate surface area is 112 Å². The average molecular weight is 265 g/mol. The second kappa shape index (κ2) is 6.43. The molecule has 1 N–H and O–H groups in total. The molecule has 0 spiro atoms. The van der Waals surface area contributed by atoms with Crippen LogP contribution in [-0.2, 0) is 0 Å². The van der Waals surface area contributed by atoms with Crippen molar-refractivity contribution < 1.29 is 19.4 Å². The van der Waals surface area contributed by atoms with E-state index in [0.717, 1.165) is 19.6 Å². The molecule has 0 radical (unpaired) electrons. The Morgan fingerprint density at radius 2 is 2.11 bits per heavy atom. The average Bonchev–Trinajstić information content (AvgIpc) is 2.92. The first-order chi connectivity index (χ1) is 9.20. The zero-order chi connectivity index (χ0) is 13.7. The summed E-state index contributed by atoms with van der Waals surface area (Å²) in [4.78, 5) is 13.5. The smallest absolute Gasteiger partial charge is 0.339 e. The Bertz CT molecular complexity index is 441. The van der Waals surface area contributed by atoms with E-state index in [0.29, 0.717) is 18.1 Å². The number of benzene rings is 1. The van der Waals surface area contributed by atoms with Gasteiger partial charge in [0.2, 0.25) is 0 Å². The molecule has 5 nitrogen and oxygen atoms in total. The normalized spacial score (nSPS) is 15.4. The first kappa shape index (κ1) is 13.7. The molecular weight excluding hydrogens is 246 g/mol. The first-order valence-electron chi connectivity index (χ1n) is 6.47. The van der Waals surface area contributed by atoms with Gasteiger partial charge in [-0.1, -0.05) is 0 Å². The third-order valence-electron chi connectivity index (χ3n) is 3.28. The zero-order valence-electron chi connectivity index (χ0n) is 11.1. The highest BCUT2D eigenvalue weighted by molar-refractivity contribution is 5.91. The Morgan fingerprint density at radius 3 is 2.74 bits per heavy atom. The lowest BCUT2D eigenvalue weighted by Gasteiger charge is -2.16. The van der Waals surface area contributed by atoms with Crippen molar-refractivity contribution in [1.82, 2.24) is 4.90 Å². The van der Waals surface area contributed by atoms with E-state index in [1.54, 1.807) is 12.1 Å². The third-order valence-corrected chi connectivity index (χ3v) is 3.28. The maximum Gasteiger partial charge on any atom is 0.339 e. The standard InChI is InChI=1S/C14H19NO4/c1-18-11-4-5-13(12(10-11)14(16)17)19-9-8-15-6-2-3-7-15/h4-5,10H,2-3,6-9H2,1H3,(H,16,17). The fourth-order valence-corrected chi connectivity index (χ4v) is 2.22. The van der Waals surface area contributed by atoms with Crippen molar-refractivity contribution in [3.05, 3.63) is 23.8 Å². The zero-order valence-corrected chi connectivity index (χ0v) is 11.1. The van der Waals surface area contributed by atoms with E-state index >= 15 is 0 Å². The Morgan fingerprint density at radius 1 is 1.37 bits per heavy atom. The van der Waals surface area contributed by atoms with Crippen LogP contribution >= 0.6 is 0 Å². The number of ether oxygens (including phenoxy) is 2. The molecule has 19 heavy (non-hydrogen) atoms. The molecule has 5 heteroatoms. The fraction of sp³-hybridized carbons (Fsp3) is 0.500. The number of methoxy groups -OCH3 is 1. The van der Waals surface area contributed by atoms with E-state index in [4.69, 9.17) is 14.6 Å². The second-order valence-corrected chi connectivity index (χ2v) is 4.56.